The summed E-state index contributed by atoms with van der Waals surface area (Å²) in [7, 11) is 0. The van der Waals surface area contributed by atoms with E-state index in [0.29, 0.717) is 24.6 Å². The molecule has 3 atom stereocenters. The van der Waals surface area contributed by atoms with Gasteiger partial charge >= 0.3 is 12.3 Å². The highest BCUT2D eigenvalue weighted by molar-refractivity contribution is 7.08. The van der Waals surface area contributed by atoms with Crippen molar-refractivity contribution in [2.75, 3.05) is 13.1 Å². The average Bonchev–Trinajstić information content (AvgIpc) is 3.71. The minimum atomic E-state index is -4.77. The lowest BCUT2D eigenvalue weighted by Gasteiger charge is -2.46. The lowest BCUT2D eigenvalue weighted by atomic mass is 9.80. The largest absolute Gasteiger partial charge is 0.573 e. The maximum absolute atomic E-state index is 13.4. The van der Waals surface area contributed by atoms with Crippen molar-refractivity contribution in [3.8, 4) is 22.6 Å². The molecule has 230 valence electrons. The second-order valence-corrected chi connectivity index (χ2v) is 13.4. The molecule has 2 aromatic carbocycles. The van der Waals surface area contributed by atoms with Crippen molar-refractivity contribution in [2.24, 2.45) is 11.8 Å². The molecule has 1 aliphatic carbocycles. The normalized spacial score (nSPS) is 20.6. The zero-order valence-corrected chi connectivity index (χ0v) is 25.6. The summed E-state index contributed by atoms with van der Waals surface area (Å²) in [6.07, 6.45) is 0.638. The first-order chi connectivity index (χ1) is 20.4. The van der Waals surface area contributed by atoms with Crippen LogP contribution in [0, 0.1) is 18.8 Å². The molecule has 0 radical (unpaired) electrons. The van der Waals surface area contributed by atoms with Gasteiger partial charge in [-0.1, -0.05) is 25.1 Å². The molecule has 2 fully saturated rings. The van der Waals surface area contributed by atoms with Crippen LogP contribution in [0.2, 0.25) is 0 Å². The van der Waals surface area contributed by atoms with Gasteiger partial charge in [0.1, 0.15) is 17.1 Å². The number of fused-ring (bicyclic) bond motifs is 1. The van der Waals surface area contributed by atoms with Crippen LogP contribution in [-0.4, -0.2) is 41.0 Å². The summed E-state index contributed by atoms with van der Waals surface area (Å²) in [6, 6.07) is 11.0. The topological polar surface area (TPSA) is 59.0 Å². The summed E-state index contributed by atoms with van der Waals surface area (Å²) < 4.78 is 51.3. The third-order valence-corrected chi connectivity index (χ3v) is 10.7. The van der Waals surface area contributed by atoms with E-state index in [9.17, 15) is 23.1 Å². The van der Waals surface area contributed by atoms with E-state index < -0.39 is 18.2 Å². The highest BCUT2D eigenvalue weighted by Gasteiger charge is 2.43. The van der Waals surface area contributed by atoms with Crippen molar-refractivity contribution in [1.29, 1.82) is 0 Å². The summed E-state index contributed by atoms with van der Waals surface area (Å²) in [4.78, 5) is 14.1. The first-order valence-electron chi connectivity index (χ1n) is 15.1. The minimum absolute atomic E-state index is 0.0197. The fourth-order valence-corrected chi connectivity index (χ4v) is 7.95. The molecule has 1 N–H and O–H groups in total. The number of likely N-dealkylation sites (tertiary alicyclic amines) is 1. The van der Waals surface area contributed by atoms with E-state index in [2.05, 4.69) is 27.8 Å². The summed E-state index contributed by atoms with van der Waals surface area (Å²) in [5, 5.41) is 13.8. The van der Waals surface area contributed by atoms with E-state index in [1.807, 2.05) is 30.7 Å². The molecule has 1 saturated carbocycles. The number of halogens is 3. The number of alkyl halides is 3. The summed E-state index contributed by atoms with van der Waals surface area (Å²) in [5.74, 6) is -0.149. The van der Waals surface area contributed by atoms with Crippen LogP contribution in [-0.2, 0) is 11.2 Å². The van der Waals surface area contributed by atoms with Gasteiger partial charge in [-0.15, -0.1) is 13.2 Å². The van der Waals surface area contributed by atoms with Gasteiger partial charge in [0.2, 0.25) is 0 Å². The van der Waals surface area contributed by atoms with Crippen molar-refractivity contribution >= 4 is 17.3 Å². The third-order valence-electron chi connectivity index (χ3n) is 9.82. The third kappa shape index (κ3) is 6.29. The molecule has 3 aliphatic rings. The number of piperidine rings is 1. The molecule has 1 spiro atoms. The van der Waals surface area contributed by atoms with Gasteiger partial charge in [0.05, 0.1) is 5.92 Å². The molecule has 2 aliphatic heterocycles. The number of benzene rings is 2. The van der Waals surface area contributed by atoms with Crippen molar-refractivity contribution < 1.29 is 32.5 Å². The van der Waals surface area contributed by atoms with E-state index in [0.717, 1.165) is 72.1 Å². The van der Waals surface area contributed by atoms with Crippen LogP contribution in [0.3, 0.4) is 0 Å². The number of carbonyl (C=O) groups is 1. The van der Waals surface area contributed by atoms with Crippen molar-refractivity contribution in [3.63, 3.8) is 0 Å². The minimum Gasteiger partial charge on any atom is -0.487 e. The maximum Gasteiger partial charge on any atom is 0.573 e. The Balaban J connectivity index is 1.20. The average molecular weight is 614 g/mol. The molecular weight excluding hydrogens is 575 g/mol. The number of carboxylic acid groups (broad SMARTS) is 1. The van der Waals surface area contributed by atoms with Crippen molar-refractivity contribution in [1.82, 2.24) is 4.90 Å². The zero-order valence-electron chi connectivity index (χ0n) is 24.7. The fraction of sp³-hybridized carbons (Fsp3) is 0.500. The molecule has 2 unspecified atom stereocenters. The second-order valence-electron chi connectivity index (χ2n) is 12.6. The molecule has 1 saturated heterocycles. The smallest absolute Gasteiger partial charge is 0.487 e. The van der Waals surface area contributed by atoms with Gasteiger partial charge in [-0.2, -0.15) is 11.3 Å². The number of nitrogens with zero attached hydrogens (tertiary/aromatic N) is 1. The number of hydrogen-bond acceptors (Lipinski definition) is 5. The Hall–Kier alpha value is -3.04. The van der Waals surface area contributed by atoms with Crippen LogP contribution in [0.15, 0.2) is 47.2 Å². The number of aliphatic carboxylic acids is 1. The molecule has 6 rings (SSSR count). The Labute approximate surface area is 254 Å². The summed E-state index contributed by atoms with van der Waals surface area (Å²) in [5.41, 5.74) is 5.37. The summed E-state index contributed by atoms with van der Waals surface area (Å²) in [6.45, 7) is 7.12. The summed E-state index contributed by atoms with van der Waals surface area (Å²) >= 11 is 1.57. The lowest BCUT2D eigenvalue weighted by Crippen LogP contribution is -2.50. The van der Waals surface area contributed by atoms with Gasteiger partial charge in [-0.05, 0) is 121 Å². The fourth-order valence-electron chi connectivity index (χ4n) is 7.09. The molecule has 3 heterocycles. The number of ether oxygens (including phenoxy) is 2. The van der Waals surface area contributed by atoms with Crippen LogP contribution in [0.25, 0.3) is 11.1 Å². The molecule has 9 heteroatoms. The van der Waals surface area contributed by atoms with Gasteiger partial charge in [0.25, 0.3) is 0 Å². The monoisotopic (exact) mass is 613 g/mol. The van der Waals surface area contributed by atoms with Crippen molar-refractivity contribution in [3.05, 3.63) is 69.4 Å². The van der Waals surface area contributed by atoms with Crippen LogP contribution in [0.5, 0.6) is 11.5 Å². The molecule has 1 aromatic heterocycles. The molecule has 43 heavy (non-hydrogen) atoms. The number of thiophene rings is 1. The highest BCUT2D eigenvalue weighted by Crippen LogP contribution is 2.49. The van der Waals surface area contributed by atoms with Crippen LogP contribution in [0.4, 0.5) is 13.2 Å². The Bertz CT molecular complexity index is 1490. The molecule has 0 amide bonds. The zero-order chi connectivity index (χ0) is 30.5. The van der Waals surface area contributed by atoms with Crippen LogP contribution in [0.1, 0.15) is 80.2 Å². The molecular formula is C34H38F3NO4S. The van der Waals surface area contributed by atoms with Gasteiger partial charge in [0.15, 0.2) is 0 Å². The Morgan fingerprint density at radius 2 is 1.84 bits per heavy atom. The Kier molecular flexibility index (Phi) is 8.00. The van der Waals surface area contributed by atoms with Gasteiger partial charge in [-0.25, -0.2) is 0 Å². The van der Waals surface area contributed by atoms with E-state index in [1.165, 1.54) is 6.07 Å². The predicted molar refractivity (Wildman–Crippen MR) is 161 cm³/mol. The second kappa shape index (κ2) is 11.5. The SMILES string of the molecule is Cc1cscc1-c1ccc(OC(F)(F)F)c(C(C)N2CCC3(CCc4ccc(C(C5CC5)[C@H](C)C(=O)O)cc4O3)CC2)c1. The van der Waals surface area contributed by atoms with E-state index in [1.54, 1.807) is 24.3 Å². The van der Waals surface area contributed by atoms with Gasteiger partial charge in [-0.3, -0.25) is 9.69 Å². The highest BCUT2D eigenvalue weighted by atomic mass is 32.1. The molecule has 0 bridgehead atoms. The molecule has 3 aromatic rings. The first kappa shape index (κ1) is 30.0. The predicted octanol–water partition coefficient (Wildman–Crippen LogP) is 8.76. The van der Waals surface area contributed by atoms with Gasteiger partial charge < -0.3 is 14.6 Å². The van der Waals surface area contributed by atoms with Crippen LogP contribution < -0.4 is 9.47 Å². The van der Waals surface area contributed by atoms with E-state index in [4.69, 9.17) is 4.74 Å². The van der Waals surface area contributed by atoms with Crippen LogP contribution >= 0.6 is 11.3 Å². The standard InChI is InChI=1S/C34H38F3NO4S/c1-20-18-43-19-28(20)25-8-9-29(42-34(35,36)37)27(16-25)22(3)38-14-12-33(13-15-38)11-10-23-4-7-26(17-30(23)41-33)31(24-5-6-24)21(2)32(39)40/h4,7-9,16-19,21-22,24,31H,5-6,10-15H2,1-3H3,(H,39,40)/t21-,22?,31?/m0/s1. The van der Waals surface area contributed by atoms with E-state index in [-0.39, 0.29) is 23.3 Å². The van der Waals surface area contributed by atoms with Gasteiger partial charge in [0, 0.05) is 24.7 Å². The van der Waals surface area contributed by atoms with Crippen molar-refractivity contribution in [2.45, 2.75) is 83.2 Å². The maximum atomic E-state index is 13.4. The lowest BCUT2D eigenvalue weighted by molar-refractivity contribution is -0.275. The number of hydrogen-bond donors (Lipinski definition) is 1. The Morgan fingerprint density at radius 1 is 1.09 bits per heavy atom. The quantitative estimate of drug-likeness (QED) is 0.275. The molecule has 5 nitrogen and oxygen atoms in total. The number of rotatable bonds is 8. The Morgan fingerprint density at radius 3 is 2.47 bits per heavy atom. The van der Waals surface area contributed by atoms with E-state index >= 15 is 0 Å². The number of aryl methyl sites for hydroxylation is 2. The first-order valence-corrected chi connectivity index (χ1v) is 16.1. The number of carboxylic acids is 1.